The molecular formula is C24H27F3O. The standard InChI is InChI=1S/C24H27F3O/c1-3-4-5-17-10-13-20-19-12-11-18(16-8-6-15(2)7-9-16)14-21(19)24(26,27)28-23(20)22(17)25/h10-16H,3-9H2,1-2H3. The Balaban J connectivity index is 1.73. The van der Waals surface area contributed by atoms with Gasteiger partial charge in [-0.1, -0.05) is 57.4 Å². The predicted molar refractivity (Wildman–Crippen MR) is 105 cm³/mol. The molecule has 150 valence electrons. The monoisotopic (exact) mass is 388 g/mol. The van der Waals surface area contributed by atoms with Gasteiger partial charge in [0.25, 0.3) is 0 Å². The Hall–Kier alpha value is -1.97. The topological polar surface area (TPSA) is 9.23 Å². The zero-order chi connectivity index (χ0) is 19.9. The first-order chi connectivity index (χ1) is 13.4. The molecule has 1 heterocycles. The van der Waals surface area contributed by atoms with Crippen LogP contribution in [0.5, 0.6) is 5.75 Å². The molecule has 2 aliphatic rings. The van der Waals surface area contributed by atoms with E-state index in [2.05, 4.69) is 6.92 Å². The molecule has 4 rings (SSSR count). The highest BCUT2D eigenvalue weighted by molar-refractivity contribution is 5.77. The molecule has 1 aliphatic carbocycles. The number of unbranched alkanes of at least 4 members (excludes halogenated alkanes) is 1. The van der Waals surface area contributed by atoms with Gasteiger partial charge in [-0.2, -0.15) is 8.78 Å². The van der Waals surface area contributed by atoms with Crippen LogP contribution in [0.2, 0.25) is 0 Å². The molecule has 1 aliphatic heterocycles. The van der Waals surface area contributed by atoms with E-state index in [0.29, 0.717) is 34.9 Å². The average Bonchev–Trinajstić information content (AvgIpc) is 2.68. The van der Waals surface area contributed by atoms with Crippen LogP contribution in [0, 0.1) is 11.7 Å². The normalized spacial score (nSPS) is 22.9. The van der Waals surface area contributed by atoms with Crippen LogP contribution in [0.3, 0.4) is 0 Å². The fraction of sp³-hybridized carbons (Fsp3) is 0.500. The van der Waals surface area contributed by atoms with Crippen LogP contribution in [-0.4, -0.2) is 0 Å². The highest BCUT2D eigenvalue weighted by Crippen LogP contribution is 2.50. The lowest BCUT2D eigenvalue weighted by Gasteiger charge is -2.31. The quantitative estimate of drug-likeness (QED) is 0.525. The molecular weight excluding hydrogens is 361 g/mol. The summed E-state index contributed by atoms with van der Waals surface area (Å²) in [7, 11) is 0. The van der Waals surface area contributed by atoms with Crippen LogP contribution in [0.25, 0.3) is 11.1 Å². The highest BCUT2D eigenvalue weighted by Gasteiger charge is 2.43. The largest absolute Gasteiger partial charge is 0.427 e. The van der Waals surface area contributed by atoms with E-state index in [0.717, 1.165) is 44.1 Å². The maximum Gasteiger partial charge on any atom is 0.427 e. The molecule has 0 spiro atoms. The van der Waals surface area contributed by atoms with Gasteiger partial charge in [0.15, 0.2) is 11.6 Å². The third kappa shape index (κ3) is 3.42. The fourth-order valence-corrected chi connectivity index (χ4v) is 4.54. The first-order valence-corrected chi connectivity index (χ1v) is 10.4. The van der Waals surface area contributed by atoms with Gasteiger partial charge >= 0.3 is 6.11 Å². The van der Waals surface area contributed by atoms with E-state index < -0.39 is 11.9 Å². The summed E-state index contributed by atoms with van der Waals surface area (Å²) < 4.78 is 49.5. The van der Waals surface area contributed by atoms with E-state index in [1.807, 2.05) is 13.0 Å². The summed E-state index contributed by atoms with van der Waals surface area (Å²) in [6.07, 6.45) is 3.04. The molecule has 28 heavy (non-hydrogen) atoms. The molecule has 0 N–H and O–H groups in total. The summed E-state index contributed by atoms with van der Waals surface area (Å²) in [4.78, 5) is 0. The van der Waals surface area contributed by atoms with E-state index >= 15 is 0 Å². The van der Waals surface area contributed by atoms with Crippen LogP contribution >= 0.6 is 0 Å². The van der Waals surface area contributed by atoms with Crippen LogP contribution in [-0.2, 0) is 12.5 Å². The van der Waals surface area contributed by atoms with E-state index in [-0.39, 0.29) is 11.3 Å². The molecule has 0 unspecified atom stereocenters. The van der Waals surface area contributed by atoms with Crippen molar-refractivity contribution in [2.75, 3.05) is 0 Å². The molecule has 0 amide bonds. The Morgan fingerprint density at radius 2 is 1.75 bits per heavy atom. The zero-order valence-electron chi connectivity index (χ0n) is 16.5. The SMILES string of the molecule is CCCCc1ccc2c(c1F)OC(F)(F)c1cc(C3CCC(C)CC3)ccc1-2. The minimum absolute atomic E-state index is 0.142. The van der Waals surface area contributed by atoms with Crippen molar-refractivity contribution in [3.05, 3.63) is 52.8 Å². The van der Waals surface area contributed by atoms with E-state index in [1.54, 1.807) is 24.3 Å². The number of rotatable bonds is 4. The number of fused-ring (bicyclic) bond motifs is 3. The third-order valence-electron chi connectivity index (χ3n) is 6.34. The van der Waals surface area contributed by atoms with E-state index in [9.17, 15) is 13.2 Å². The lowest BCUT2D eigenvalue weighted by Crippen LogP contribution is -2.27. The second kappa shape index (κ2) is 7.46. The van der Waals surface area contributed by atoms with Crippen molar-refractivity contribution in [1.29, 1.82) is 0 Å². The van der Waals surface area contributed by atoms with Crippen LogP contribution < -0.4 is 4.74 Å². The molecule has 0 saturated heterocycles. The summed E-state index contributed by atoms with van der Waals surface area (Å²) >= 11 is 0. The first-order valence-electron chi connectivity index (χ1n) is 10.4. The molecule has 1 fully saturated rings. The van der Waals surface area contributed by atoms with Gasteiger partial charge in [0.1, 0.15) is 0 Å². The number of alkyl halides is 2. The van der Waals surface area contributed by atoms with Crippen molar-refractivity contribution in [3.63, 3.8) is 0 Å². The Labute approximate surface area is 164 Å². The summed E-state index contributed by atoms with van der Waals surface area (Å²) in [6.45, 7) is 4.26. The number of aryl methyl sites for hydroxylation is 1. The van der Waals surface area contributed by atoms with E-state index in [4.69, 9.17) is 4.74 Å². The Morgan fingerprint density at radius 3 is 2.46 bits per heavy atom. The number of benzene rings is 2. The van der Waals surface area contributed by atoms with Crippen molar-refractivity contribution in [1.82, 2.24) is 0 Å². The zero-order valence-corrected chi connectivity index (χ0v) is 16.5. The van der Waals surface area contributed by atoms with Crippen molar-refractivity contribution in [2.45, 2.75) is 70.8 Å². The number of halogens is 3. The Bertz CT molecular complexity index is 866. The lowest BCUT2D eigenvalue weighted by molar-refractivity contribution is -0.188. The number of ether oxygens (including phenoxy) is 1. The van der Waals surface area contributed by atoms with Crippen molar-refractivity contribution >= 4 is 0 Å². The third-order valence-corrected chi connectivity index (χ3v) is 6.34. The summed E-state index contributed by atoms with van der Waals surface area (Å²) in [5.74, 6) is 0.0502. The molecule has 2 aromatic carbocycles. The van der Waals surface area contributed by atoms with Crippen LogP contribution in [0.1, 0.15) is 75.0 Å². The first kappa shape index (κ1) is 19.4. The molecule has 0 aromatic heterocycles. The van der Waals surface area contributed by atoms with Gasteiger partial charge in [0, 0.05) is 5.56 Å². The fourth-order valence-electron chi connectivity index (χ4n) is 4.54. The molecule has 0 radical (unpaired) electrons. The summed E-state index contributed by atoms with van der Waals surface area (Å²) in [6, 6.07) is 8.68. The van der Waals surface area contributed by atoms with Gasteiger partial charge in [-0.25, -0.2) is 4.39 Å². The Morgan fingerprint density at radius 1 is 1.04 bits per heavy atom. The lowest BCUT2D eigenvalue weighted by atomic mass is 9.78. The van der Waals surface area contributed by atoms with Gasteiger partial charge in [0.2, 0.25) is 0 Å². The minimum Gasteiger partial charge on any atom is -0.425 e. The molecule has 0 atom stereocenters. The maximum absolute atomic E-state index is 14.9. The number of hydrogen-bond acceptors (Lipinski definition) is 1. The van der Waals surface area contributed by atoms with Crippen molar-refractivity contribution in [2.24, 2.45) is 5.92 Å². The van der Waals surface area contributed by atoms with Gasteiger partial charge < -0.3 is 4.74 Å². The van der Waals surface area contributed by atoms with Gasteiger partial charge in [-0.3, -0.25) is 0 Å². The van der Waals surface area contributed by atoms with E-state index in [1.165, 1.54) is 0 Å². The van der Waals surface area contributed by atoms with Gasteiger partial charge in [-0.15, -0.1) is 0 Å². The summed E-state index contributed by atoms with van der Waals surface area (Å²) in [5, 5.41) is 0. The van der Waals surface area contributed by atoms with Gasteiger partial charge in [-0.05, 0) is 60.3 Å². The van der Waals surface area contributed by atoms with Crippen molar-refractivity contribution < 1.29 is 17.9 Å². The van der Waals surface area contributed by atoms with Crippen LogP contribution in [0.4, 0.5) is 13.2 Å². The average molecular weight is 388 g/mol. The molecule has 0 bridgehead atoms. The Kier molecular flexibility index (Phi) is 5.15. The second-order valence-electron chi connectivity index (χ2n) is 8.40. The number of hydrogen-bond donors (Lipinski definition) is 0. The molecule has 1 nitrogen and oxygen atoms in total. The molecule has 1 saturated carbocycles. The molecule has 2 aromatic rings. The molecule has 4 heteroatoms. The van der Waals surface area contributed by atoms with Gasteiger partial charge in [0.05, 0.1) is 5.56 Å². The predicted octanol–water partition coefficient (Wildman–Crippen LogP) is 7.57. The van der Waals surface area contributed by atoms with Crippen LogP contribution in [0.15, 0.2) is 30.3 Å². The highest BCUT2D eigenvalue weighted by atomic mass is 19.3. The van der Waals surface area contributed by atoms with Crippen molar-refractivity contribution in [3.8, 4) is 16.9 Å². The minimum atomic E-state index is -3.52. The summed E-state index contributed by atoms with van der Waals surface area (Å²) in [5.41, 5.74) is 2.03. The second-order valence-corrected chi connectivity index (χ2v) is 8.40. The smallest absolute Gasteiger partial charge is 0.425 e. The maximum atomic E-state index is 14.9.